The first-order chi connectivity index (χ1) is 12.1. The van der Waals surface area contributed by atoms with Gasteiger partial charge < -0.3 is 9.47 Å². The summed E-state index contributed by atoms with van der Waals surface area (Å²) < 4.78 is 15.3. The Morgan fingerprint density at radius 2 is 2.00 bits per heavy atom. The third kappa shape index (κ3) is 2.88. The van der Waals surface area contributed by atoms with Gasteiger partial charge in [-0.2, -0.15) is 0 Å². The molecule has 0 N–H and O–H groups in total. The maximum absolute atomic E-state index is 13.4. The predicted molar refractivity (Wildman–Crippen MR) is 92.8 cm³/mol. The van der Waals surface area contributed by atoms with Gasteiger partial charge in [-0.3, -0.25) is 14.8 Å². The molecular formula is C19H19FN4O. The number of hydrogen-bond acceptors (Lipinski definition) is 3. The minimum Gasteiger partial charge on any atom is -0.340 e. The van der Waals surface area contributed by atoms with Crippen molar-refractivity contribution in [1.29, 1.82) is 0 Å². The number of carbonyl (C=O) groups excluding carboxylic acids is 1. The van der Waals surface area contributed by atoms with Gasteiger partial charge in [0.15, 0.2) is 0 Å². The van der Waals surface area contributed by atoms with Crippen molar-refractivity contribution in [2.75, 3.05) is 13.1 Å². The predicted octanol–water partition coefficient (Wildman–Crippen LogP) is 3.13. The number of aromatic nitrogens is 3. The van der Waals surface area contributed by atoms with Gasteiger partial charge in [0.05, 0.1) is 5.69 Å². The summed E-state index contributed by atoms with van der Waals surface area (Å²) in [6, 6.07) is 6.37. The highest BCUT2D eigenvalue weighted by molar-refractivity contribution is 5.98. The smallest absolute Gasteiger partial charge is 0.270 e. The second kappa shape index (κ2) is 6.27. The Labute approximate surface area is 145 Å². The number of aryl methyl sites for hydroxylation is 1. The molecule has 0 spiro atoms. The lowest BCUT2D eigenvalue weighted by Crippen LogP contribution is -2.38. The molecule has 0 saturated carbocycles. The standard InChI is InChI=1S/C19H19FN4O/c1-23-17-3-2-15(20)10-14(17)11-18(23)19(25)24-8-4-13(5-9-24)16-12-21-6-7-22-16/h2-3,6-7,10-13H,4-5,8-9H2,1H3. The molecule has 5 nitrogen and oxygen atoms in total. The number of halogens is 1. The number of fused-ring (bicyclic) bond motifs is 1. The Morgan fingerprint density at radius 1 is 1.20 bits per heavy atom. The van der Waals surface area contributed by atoms with E-state index in [1.807, 2.05) is 16.5 Å². The fourth-order valence-electron chi connectivity index (χ4n) is 3.59. The number of carbonyl (C=O) groups is 1. The number of piperidine rings is 1. The highest BCUT2D eigenvalue weighted by Crippen LogP contribution is 2.28. The van der Waals surface area contributed by atoms with Crippen LogP contribution in [0.15, 0.2) is 42.9 Å². The van der Waals surface area contributed by atoms with Crippen molar-refractivity contribution < 1.29 is 9.18 Å². The van der Waals surface area contributed by atoms with E-state index in [1.165, 1.54) is 12.1 Å². The first-order valence-corrected chi connectivity index (χ1v) is 8.43. The molecular weight excluding hydrogens is 319 g/mol. The van der Waals surface area contributed by atoms with Crippen LogP contribution in [0, 0.1) is 5.82 Å². The molecule has 0 aliphatic carbocycles. The molecule has 1 saturated heterocycles. The van der Waals surface area contributed by atoms with Crippen LogP contribution in [0.1, 0.15) is 34.9 Å². The van der Waals surface area contributed by atoms with Gasteiger partial charge >= 0.3 is 0 Å². The van der Waals surface area contributed by atoms with Crippen molar-refractivity contribution in [2.24, 2.45) is 7.05 Å². The second-order valence-electron chi connectivity index (χ2n) is 6.49. The fraction of sp³-hybridized carbons (Fsp3) is 0.316. The van der Waals surface area contributed by atoms with Gasteiger partial charge in [0.1, 0.15) is 11.5 Å². The molecule has 0 atom stereocenters. The minimum atomic E-state index is -0.290. The van der Waals surface area contributed by atoms with Gasteiger partial charge in [0, 0.05) is 55.5 Å². The molecule has 25 heavy (non-hydrogen) atoms. The molecule has 1 aromatic carbocycles. The van der Waals surface area contributed by atoms with Crippen LogP contribution >= 0.6 is 0 Å². The molecule has 1 fully saturated rings. The molecule has 2 aromatic heterocycles. The number of nitrogens with zero attached hydrogens (tertiary/aromatic N) is 4. The van der Waals surface area contributed by atoms with Crippen molar-refractivity contribution in [3.05, 3.63) is 60.1 Å². The molecule has 0 bridgehead atoms. The Balaban J connectivity index is 1.52. The zero-order chi connectivity index (χ0) is 17.4. The van der Waals surface area contributed by atoms with Gasteiger partial charge in [-0.25, -0.2) is 4.39 Å². The summed E-state index contributed by atoms with van der Waals surface area (Å²) in [5.41, 5.74) is 2.45. The molecule has 0 radical (unpaired) electrons. The molecule has 4 rings (SSSR count). The van der Waals surface area contributed by atoms with Crippen molar-refractivity contribution in [3.63, 3.8) is 0 Å². The van der Waals surface area contributed by atoms with Crippen LogP contribution in [-0.4, -0.2) is 38.4 Å². The summed E-state index contributed by atoms with van der Waals surface area (Å²) in [6.45, 7) is 1.38. The quantitative estimate of drug-likeness (QED) is 0.721. The molecule has 6 heteroatoms. The van der Waals surface area contributed by atoms with Gasteiger partial charge in [-0.1, -0.05) is 0 Å². The van der Waals surface area contributed by atoms with E-state index in [0.29, 0.717) is 24.7 Å². The van der Waals surface area contributed by atoms with Crippen LogP contribution in [-0.2, 0) is 7.05 Å². The Morgan fingerprint density at radius 3 is 2.72 bits per heavy atom. The zero-order valence-electron chi connectivity index (χ0n) is 14.0. The summed E-state index contributed by atoms with van der Waals surface area (Å²) >= 11 is 0. The molecule has 1 aliphatic rings. The SMILES string of the molecule is Cn1c(C(=O)N2CCC(c3cnccn3)CC2)cc2cc(F)ccc21. The minimum absolute atomic E-state index is 0.00305. The van der Waals surface area contributed by atoms with Gasteiger partial charge in [-0.05, 0) is 37.1 Å². The van der Waals surface area contributed by atoms with Gasteiger partial charge in [0.2, 0.25) is 0 Å². The second-order valence-corrected chi connectivity index (χ2v) is 6.49. The van der Waals surface area contributed by atoms with Gasteiger partial charge in [-0.15, -0.1) is 0 Å². The average Bonchev–Trinajstić information content (AvgIpc) is 2.98. The van der Waals surface area contributed by atoms with E-state index in [4.69, 9.17) is 0 Å². The zero-order valence-corrected chi connectivity index (χ0v) is 14.0. The van der Waals surface area contributed by atoms with E-state index in [2.05, 4.69) is 9.97 Å². The average molecular weight is 338 g/mol. The summed E-state index contributed by atoms with van der Waals surface area (Å²) in [7, 11) is 1.85. The Hall–Kier alpha value is -2.76. The van der Waals surface area contributed by atoms with E-state index in [9.17, 15) is 9.18 Å². The lowest BCUT2D eigenvalue weighted by Gasteiger charge is -2.31. The highest BCUT2D eigenvalue weighted by atomic mass is 19.1. The number of benzene rings is 1. The first-order valence-electron chi connectivity index (χ1n) is 8.43. The normalized spacial score (nSPS) is 15.7. The molecule has 1 aliphatic heterocycles. The summed E-state index contributed by atoms with van der Waals surface area (Å²) in [4.78, 5) is 23.3. The van der Waals surface area contributed by atoms with Crippen LogP contribution in [0.3, 0.4) is 0 Å². The molecule has 3 aromatic rings. The number of rotatable bonds is 2. The van der Waals surface area contributed by atoms with Crippen LogP contribution in [0.25, 0.3) is 10.9 Å². The van der Waals surface area contributed by atoms with Gasteiger partial charge in [0.25, 0.3) is 5.91 Å². The Bertz CT molecular complexity index is 914. The summed E-state index contributed by atoms with van der Waals surface area (Å²) in [6.07, 6.45) is 6.94. The first kappa shape index (κ1) is 15.7. The lowest BCUT2D eigenvalue weighted by atomic mass is 9.93. The monoisotopic (exact) mass is 338 g/mol. The number of hydrogen-bond donors (Lipinski definition) is 0. The van der Waals surface area contributed by atoms with E-state index in [0.717, 1.165) is 29.4 Å². The van der Waals surface area contributed by atoms with Crippen LogP contribution in [0.2, 0.25) is 0 Å². The topological polar surface area (TPSA) is 51.0 Å². The highest BCUT2D eigenvalue weighted by Gasteiger charge is 2.27. The summed E-state index contributed by atoms with van der Waals surface area (Å²) in [5.74, 6) is 0.0536. The molecule has 0 unspecified atom stereocenters. The van der Waals surface area contributed by atoms with Crippen molar-refractivity contribution >= 4 is 16.8 Å². The maximum atomic E-state index is 13.4. The maximum Gasteiger partial charge on any atom is 0.270 e. The van der Waals surface area contributed by atoms with E-state index in [1.54, 1.807) is 30.7 Å². The summed E-state index contributed by atoms with van der Waals surface area (Å²) in [5, 5.41) is 0.750. The van der Waals surface area contributed by atoms with Crippen LogP contribution < -0.4 is 0 Å². The third-order valence-electron chi connectivity index (χ3n) is 5.01. The number of likely N-dealkylation sites (tertiary alicyclic amines) is 1. The van der Waals surface area contributed by atoms with E-state index < -0.39 is 0 Å². The lowest BCUT2D eigenvalue weighted by molar-refractivity contribution is 0.0703. The van der Waals surface area contributed by atoms with Crippen molar-refractivity contribution in [1.82, 2.24) is 19.4 Å². The van der Waals surface area contributed by atoms with Crippen molar-refractivity contribution in [3.8, 4) is 0 Å². The third-order valence-corrected chi connectivity index (χ3v) is 5.01. The largest absolute Gasteiger partial charge is 0.340 e. The van der Waals surface area contributed by atoms with Crippen LogP contribution in [0.5, 0.6) is 0 Å². The Kier molecular flexibility index (Phi) is 3.95. The number of amides is 1. The molecule has 128 valence electrons. The molecule has 1 amide bonds. The van der Waals surface area contributed by atoms with E-state index in [-0.39, 0.29) is 11.7 Å². The fourth-order valence-corrected chi connectivity index (χ4v) is 3.59. The van der Waals surface area contributed by atoms with Crippen LogP contribution in [0.4, 0.5) is 4.39 Å². The molecule has 3 heterocycles. The van der Waals surface area contributed by atoms with E-state index >= 15 is 0 Å². The van der Waals surface area contributed by atoms with Crippen molar-refractivity contribution in [2.45, 2.75) is 18.8 Å².